The quantitative estimate of drug-likeness (QED) is 0.635. The fourth-order valence-corrected chi connectivity index (χ4v) is 3.34. The molecule has 7 heteroatoms. The van der Waals surface area contributed by atoms with Crippen LogP contribution in [0.5, 0.6) is 0 Å². The lowest BCUT2D eigenvalue weighted by Crippen LogP contribution is -2.29. The Labute approximate surface area is 148 Å². The molecule has 2 aromatic carbocycles. The molecule has 1 heterocycles. The summed E-state index contributed by atoms with van der Waals surface area (Å²) >= 11 is 0. The molecule has 3 rings (SSSR count). The predicted octanol–water partition coefficient (Wildman–Crippen LogP) is 2.77. The van der Waals surface area contributed by atoms with Crippen molar-refractivity contribution in [1.29, 1.82) is 0 Å². The number of anilines is 2. The third-order valence-corrected chi connectivity index (χ3v) is 5.13. The Hall–Kier alpha value is -2.38. The van der Waals surface area contributed by atoms with Crippen LogP contribution < -0.4 is 15.5 Å². The second-order valence-electron chi connectivity index (χ2n) is 6.08. The smallest absolute Gasteiger partial charge is 0.238 e. The number of hydrogen-bond donors (Lipinski definition) is 2. The van der Waals surface area contributed by atoms with Gasteiger partial charge in [0.2, 0.25) is 10.0 Å². The van der Waals surface area contributed by atoms with Crippen molar-refractivity contribution in [3.8, 4) is 0 Å². The molecule has 25 heavy (non-hydrogen) atoms. The topological polar surface area (TPSA) is 87.8 Å². The summed E-state index contributed by atoms with van der Waals surface area (Å²) in [6.07, 6.45) is 5.58. The average molecular weight is 358 g/mol. The molecule has 6 nitrogen and oxygen atoms in total. The zero-order valence-corrected chi connectivity index (χ0v) is 14.7. The van der Waals surface area contributed by atoms with Gasteiger partial charge in [0, 0.05) is 18.8 Å². The standard InChI is InChI=1S/C18H22N4O2S/c19-25(23,24)18-10-6-16(7-11-18)21-20-14-15-4-8-17(9-5-15)22-12-2-1-3-13-22/h4-11,14,21H,1-3,12-13H2,(H2,19,23,24)/b20-14+. The minimum atomic E-state index is -3.67. The van der Waals surface area contributed by atoms with Crippen LogP contribution in [-0.4, -0.2) is 27.7 Å². The van der Waals surface area contributed by atoms with Crippen LogP contribution >= 0.6 is 0 Å². The first-order chi connectivity index (χ1) is 12.0. The van der Waals surface area contributed by atoms with E-state index >= 15 is 0 Å². The van der Waals surface area contributed by atoms with E-state index in [1.807, 2.05) is 12.1 Å². The van der Waals surface area contributed by atoms with Gasteiger partial charge in [0.1, 0.15) is 0 Å². The average Bonchev–Trinajstić information content (AvgIpc) is 2.63. The summed E-state index contributed by atoms with van der Waals surface area (Å²) in [4.78, 5) is 2.49. The first-order valence-corrected chi connectivity index (χ1v) is 9.84. The van der Waals surface area contributed by atoms with E-state index < -0.39 is 10.0 Å². The summed E-state index contributed by atoms with van der Waals surface area (Å²) in [7, 11) is -3.67. The molecule has 0 aromatic heterocycles. The lowest BCUT2D eigenvalue weighted by molar-refractivity contribution is 0.578. The normalized spacial score (nSPS) is 15.5. The predicted molar refractivity (Wildman–Crippen MR) is 102 cm³/mol. The highest BCUT2D eigenvalue weighted by Gasteiger charge is 2.10. The summed E-state index contributed by atoms with van der Waals surface area (Å²) < 4.78 is 22.4. The van der Waals surface area contributed by atoms with Gasteiger partial charge in [-0.05, 0) is 61.2 Å². The highest BCUT2D eigenvalue weighted by atomic mass is 32.2. The Bertz CT molecular complexity index is 824. The zero-order valence-electron chi connectivity index (χ0n) is 13.9. The molecule has 1 saturated heterocycles. The van der Waals surface area contributed by atoms with Gasteiger partial charge in [0.15, 0.2) is 0 Å². The fourth-order valence-electron chi connectivity index (χ4n) is 2.82. The van der Waals surface area contributed by atoms with Crippen LogP contribution in [0.3, 0.4) is 0 Å². The Kier molecular flexibility index (Phi) is 5.35. The maximum absolute atomic E-state index is 11.2. The third-order valence-electron chi connectivity index (χ3n) is 4.20. The molecule has 0 atom stereocenters. The zero-order chi connectivity index (χ0) is 17.7. The van der Waals surface area contributed by atoms with Gasteiger partial charge in [-0.25, -0.2) is 13.6 Å². The van der Waals surface area contributed by atoms with Crippen molar-refractivity contribution in [3.05, 3.63) is 54.1 Å². The second kappa shape index (κ2) is 7.67. The van der Waals surface area contributed by atoms with Crippen LogP contribution in [-0.2, 0) is 10.0 Å². The molecule has 0 bridgehead atoms. The van der Waals surface area contributed by atoms with Crippen molar-refractivity contribution in [2.24, 2.45) is 10.2 Å². The number of hydrogen-bond acceptors (Lipinski definition) is 5. The Morgan fingerprint density at radius 1 is 0.960 bits per heavy atom. The number of primary sulfonamides is 1. The Morgan fingerprint density at radius 2 is 1.60 bits per heavy atom. The summed E-state index contributed by atoms with van der Waals surface area (Å²) in [5.41, 5.74) is 5.81. The van der Waals surface area contributed by atoms with Crippen LogP contribution in [0.15, 0.2) is 58.5 Å². The van der Waals surface area contributed by atoms with Crippen molar-refractivity contribution < 1.29 is 8.42 Å². The van der Waals surface area contributed by atoms with Crippen LogP contribution in [0.2, 0.25) is 0 Å². The van der Waals surface area contributed by atoms with E-state index in [2.05, 4.69) is 27.6 Å². The third kappa shape index (κ3) is 4.80. The van der Waals surface area contributed by atoms with Gasteiger partial charge in [-0.15, -0.1) is 0 Å². The van der Waals surface area contributed by atoms with Crippen molar-refractivity contribution >= 4 is 27.6 Å². The molecule has 132 valence electrons. The molecule has 0 amide bonds. The van der Waals surface area contributed by atoms with E-state index in [1.165, 1.54) is 37.1 Å². The molecule has 1 aliphatic heterocycles. The molecule has 2 aromatic rings. The minimum Gasteiger partial charge on any atom is -0.372 e. The molecular weight excluding hydrogens is 336 g/mol. The molecule has 1 fully saturated rings. The van der Waals surface area contributed by atoms with E-state index in [0.717, 1.165) is 18.7 Å². The van der Waals surface area contributed by atoms with Crippen LogP contribution in [0, 0.1) is 0 Å². The summed E-state index contributed by atoms with van der Waals surface area (Å²) in [6.45, 7) is 2.26. The first-order valence-electron chi connectivity index (χ1n) is 8.29. The number of hydrazone groups is 1. The lowest BCUT2D eigenvalue weighted by atomic mass is 10.1. The number of rotatable bonds is 5. The number of benzene rings is 2. The van der Waals surface area contributed by atoms with Crippen LogP contribution in [0.4, 0.5) is 11.4 Å². The Balaban J connectivity index is 1.58. The monoisotopic (exact) mass is 358 g/mol. The molecule has 0 aliphatic carbocycles. The maximum Gasteiger partial charge on any atom is 0.238 e. The first kappa shape index (κ1) is 17.4. The van der Waals surface area contributed by atoms with Crippen molar-refractivity contribution in [2.75, 3.05) is 23.4 Å². The van der Waals surface area contributed by atoms with E-state index in [9.17, 15) is 8.42 Å². The molecule has 3 N–H and O–H groups in total. The number of nitrogens with two attached hydrogens (primary N) is 1. The molecule has 1 aliphatic rings. The Morgan fingerprint density at radius 3 is 2.20 bits per heavy atom. The van der Waals surface area contributed by atoms with Gasteiger partial charge >= 0.3 is 0 Å². The van der Waals surface area contributed by atoms with E-state index in [4.69, 9.17) is 5.14 Å². The van der Waals surface area contributed by atoms with Gasteiger partial charge in [0.25, 0.3) is 0 Å². The van der Waals surface area contributed by atoms with Gasteiger partial charge in [-0.1, -0.05) is 12.1 Å². The highest BCUT2D eigenvalue weighted by molar-refractivity contribution is 7.89. The second-order valence-corrected chi connectivity index (χ2v) is 7.64. The maximum atomic E-state index is 11.2. The molecule has 0 unspecified atom stereocenters. The number of nitrogens with one attached hydrogen (secondary N) is 1. The van der Waals surface area contributed by atoms with Gasteiger partial charge < -0.3 is 4.90 Å². The van der Waals surface area contributed by atoms with Crippen LogP contribution in [0.25, 0.3) is 0 Å². The molecule has 0 radical (unpaired) electrons. The highest BCUT2D eigenvalue weighted by Crippen LogP contribution is 2.20. The summed E-state index contributed by atoms with van der Waals surface area (Å²) in [6, 6.07) is 14.5. The van der Waals surface area contributed by atoms with Gasteiger partial charge in [-0.2, -0.15) is 5.10 Å². The molecule has 0 saturated carbocycles. The lowest BCUT2D eigenvalue weighted by Gasteiger charge is -2.28. The van der Waals surface area contributed by atoms with Crippen LogP contribution in [0.1, 0.15) is 24.8 Å². The summed E-state index contributed by atoms with van der Waals surface area (Å²) in [5, 5.41) is 9.24. The molecule has 0 spiro atoms. The largest absolute Gasteiger partial charge is 0.372 e. The number of piperidine rings is 1. The SMILES string of the molecule is NS(=O)(=O)c1ccc(N/N=C/c2ccc(N3CCCCC3)cc2)cc1. The van der Waals surface area contributed by atoms with Crippen molar-refractivity contribution in [3.63, 3.8) is 0 Å². The number of nitrogens with zero attached hydrogens (tertiary/aromatic N) is 2. The molecular formula is C18H22N4O2S. The van der Waals surface area contributed by atoms with Crippen molar-refractivity contribution in [2.45, 2.75) is 24.2 Å². The van der Waals surface area contributed by atoms with E-state index in [1.54, 1.807) is 18.3 Å². The van der Waals surface area contributed by atoms with E-state index in [-0.39, 0.29) is 4.90 Å². The van der Waals surface area contributed by atoms with Gasteiger partial charge in [0.05, 0.1) is 16.8 Å². The number of sulfonamides is 1. The fraction of sp³-hybridized carbons (Fsp3) is 0.278. The van der Waals surface area contributed by atoms with Gasteiger partial charge in [-0.3, -0.25) is 5.43 Å². The van der Waals surface area contributed by atoms with Crippen molar-refractivity contribution in [1.82, 2.24) is 0 Å². The summed E-state index contributed by atoms with van der Waals surface area (Å²) in [5.74, 6) is 0. The van der Waals surface area contributed by atoms with E-state index in [0.29, 0.717) is 5.69 Å². The minimum absolute atomic E-state index is 0.0790.